The summed E-state index contributed by atoms with van der Waals surface area (Å²) in [6.45, 7) is 2.56. The number of carbonyl (C=O) groups is 2. The van der Waals surface area contributed by atoms with Gasteiger partial charge in [-0.1, -0.05) is 12.1 Å². The molecule has 2 heterocycles. The van der Waals surface area contributed by atoms with E-state index in [2.05, 4.69) is 12.1 Å². The van der Waals surface area contributed by atoms with Gasteiger partial charge in [-0.15, -0.1) is 0 Å². The zero-order valence-corrected chi connectivity index (χ0v) is 16.4. The topological polar surface area (TPSA) is 74.3 Å². The number of amides is 1. The fourth-order valence-corrected chi connectivity index (χ4v) is 4.70. The molecule has 1 amide bonds. The monoisotopic (exact) mass is 387 g/mol. The predicted molar refractivity (Wildman–Crippen MR) is 101 cm³/mol. The first-order chi connectivity index (χ1) is 13.5. The van der Waals surface area contributed by atoms with Crippen LogP contribution in [0.3, 0.4) is 0 Å². The third-order valence-electron chi connectivity index (χ3n) is 5.98. The van der Waals surface area contributed by atoms with E-state index in [0.29, 0.717) is 38.1 Å². The van der Waals surface area contributed by atoms with Gasteiger partial charge in [0, 0.05) is 32.0 Å². The highest BCUT2D eigenvalue weighted by Gasteiger charge is 2.53. The molecule has 0 saturated heterocycles. The van der Waals surface area contributed by atoms with Crippen LogP contribution in [0, 0.1) is 0 Å². The molecule has 0 radical (unpaired) electrons. The fourth-order valence-electron chi connectivity index (χ4n) is 4.70. The summed E-state index contributed by atoms with van der Waals surface area (Å²) in [6, 6.07) is 3.97. The lowest BCUT2D eigenvalue weighted by Gasteiger charge is -2.40. The molecule has 1 aromatic carbocycles. The van der Waals surface area contributed by atoms with Crippen molar-refractivity contribution in [3.05, 3.63) is 35.4 Å². The summed E-state index contributed by atoms with van der Waals surface area (Å²) in [5.74, 6) is 1.16. The summed E-state index contributed by atoms with van der Waals surface area (Å²) in [5.41, 5.74) is 1.89. The highest BCUT2D eigenvalue weighted by molar-refractivity contribution is 5.68. The van der Waals surface area contributed by atoms with Crippen LogP contribution in [0.25, 0.3) is 0 Å². The maximum absolute atomic E-state index is 12.2. The molecule has 1 spiro atoms. The van der Waals surface area contributed by atoms with E-state index in [-0.39, 0.29) is 29.7 Å². The van der Waals surface area contributed by atoms with Crippen LogP contribution in [-0.2, 0) is 26.1 Å². The van der Waals surface area contributed by atoms with Crippen molar-refractivity contribution in [1.29, 1.82) is 0 Å². The average molecular weight is 387 g/mol. The minimum atomic E-state index is -0.386. The third kappa shape index (κ3) is 2.89. The standard InChI is InChI=1S/C21H25NO6/c1-13(23)27-15-6-8-21-9-11-22(20(24)26-3)10-7-14-4-5-16(25-2)19(18(14)21)28-17(21)12-15/h4-6,8,15,17H,7,9-12H2,1-3H3/t15-,17-,21-/m0/s1. The van der Waals surface area contributed by atoms with Crippen LogP contribution in [0.5, 0.6) is 11.5 Å². The molecule has 0 aromatic heterocycles. The molecule has 28 heavy (non-hydrogen) atoms. The molecule has 1 aromatic rings. The largest absolute Gasteiger partial charge is 0.493 e. The molecule has 0 saturated carbocycles. The van der Waals surface area contributed by atoms with E-state index in [4.69, 9.17) is 18.9 Å². The van der Waals surface area contributed by atoms with Gasteiger partial charge in [0.15, 0.2) is 11.5 Å². The molecule has 0 bridgehead atoms. The Kier molecular flexibility index (Phi) is 4.69. The highest BCUT2D eigenvalue weighted by Crippen LogP contribution is 2.55. The van der Waals surface area contributed by atoms with Crippen LogP contribution in [0.1, 0.15) is 30.9 Å². The Hall–Kier alpha value is -2.70. The van der Waals surface area contributed by atoms with Crippen LogP contribution in [0.4, 0.5) is 4.79 Å². The van der Waals surface area contributed by atoms with Crippen molar-refractivity contribution in [3.63, 3.8) is 0 Å². The Morgan fingerprint density at radius 3 is 2.79 bits per heavy atom. The second-order valence-corrected chi connectivity index (χ2v) is 7.48. The minimum absolute atomic E-state index is 0.190. The van der Waals surface area contributed by atoms with Crippen molar-refractivity contribution < 1.29 is 28.5 Å². The Labute approximate surface area is 164 Å². The van der Waals surface area contributed by atoms with Crippen molar-refractivity contribution in [2.45, 2.75) is 43.8 Å². The minimum Gasteiger partial charge on any atom is -0.493 e. The van der Waals surface area contributed by atoms with Crippen LogP contribution < -0.4 is 9.47 Å². The molecule has 4 rings (SSSR count). The molecule has 7 heteroatoms. The Morgan fingerprint density at radius 1 is 1.25 bits per heavy atom. The number of ether oxygens (including phenoxy) is 4. The lowest BCUT2D eigenvalue weighted by Crippen LogP contribution is -2.47. The van der Waals surface area contributed by atoms with Crippen molar-refractivity contribution in [3.8, 4) is 11.5 Å². The first-order valence-electron chi connectivity index (χ1n) is 9.55. The van der Waals surface area contributed by atoms with Crippen LogP contribution in [0.15, 0.2) is 24.3 Å². The maximum atomic E-state index is 12.2. The normalized spacial score (nSPS) is 27.6. The quantitative estimate of drug-likeness (QED) is 0.574. The second-order valence-electron chi connectivity index (χ2n) is 7.48. The number of hydrogen-bond acceptors (Lipinski definition) is 6. The zero-order valence-electron chi connectivity index (χ0n) is 16.4. The Morgan fingerprint density at radius 2 is 2.07 bits per heavy atom. The first-order valence-corrected chi connectivity index (χ1v) is 9.55. The fraction of sp³-hybridized carbons (Fsp3) is 0.524. The van der Waals surface area contributed by atoms with Crippen LogP contribution in [-0.4, -0.2) is 56.5 Å². The molecule has 0 unspecified atom stereocenters. The zero-order chi connectivity index (χ0) is 19.9. The van der Waals surface area contributed by atoms with E-state index < -0.39 is 0 Å². The Bertz CT molecular complexity index is 834. The SMILES string of the molecule is COC(=O)N1CCc2ccc(OC)c3c2[C@@]2(C=C[C@H](OC(C)=O)C[C@@H]2O3)CC1. The number of carbonyl (C=O) groups excluding carboxylic acids is 2. The number of nitrogens with zero attached hydrogens (tertiary/aromatic N) is 1. The van der Waals surface area contributed by atoms with Gasteiger partial charge in [-0.25, -0.2) is 4.79 Å². The predicted octanol–water partition coefficient (Wildman–Crippen LogP) is 2.60. The number of benzene rings is 1. The van der Waals surface area contributed by atoms with Crippen LogP contribution >= 0.6 is 0 Å². The van der Waals surface area contributed by atoms with E-state index >= 15 is 0 Å². The van der Waals surface area contributed by atoms with Crippen molar-refractivity contribution in [1.82, 2.24) is 4.90 Å². The lowest BCUT2D eigenvalue weighted by atomic mass is 9.67. The number of methoxy groups -OCH3 is 2. The van der Waals surface area contributed by atoms with Gasteiger partial charge in [-0.3, -0.25) is 4.79 Å². The number of esters is 1. The van der Waals surface area contributed by atoms with Gasteiger partial charge >= 0.3 is 12.1 Å². The second kappa shape index (κ2) is 7.04. The summed E-state index contributed by atoms with van der Waals surface area (Å²) in [4.78, 5) is 25.3. The summed E-state index contributed by atoms with van der Waals surface area (Å²) in [6.07, 6.45) is 5.19. The molecule has 7 nitrogen and oxygen atoms in total. The molecular weight excluding hydrogens is 362 g/mol. The molecule has 150 valence electrons. The summed E-state index contributed by atoms with van der Waals surface area (Å²) >= 11 is 0. The highest BCUT2D eigenvalue weighted by atomic mass is 16.6. The van der Waals surface area contributed by atoms with Gasteiger partial charge in [-0.2, -0.15) is 0 Å². The van der Waals surface area contributed by atoms with Crippen LogP contribution in [0.2, 0.25) is 0 Å². The number of hydrogen-bond donors (Lipinski definition) is 0. The molecule has 3 aliphatic rings. The lowest BCUT2D eigenvalue weighted by molar-refractivity contribution is -0.145. The maximum Gasteiger partial charge on any atom is 0.409 e. The van der Waals surface area contributed by atoms with Crippen molar-refractivity contribution in [2.75, 3.05) is 27.3 Å². The van der Waals surface area contributed by atoms with E-state index in [9.17, 15) is 9.59 Å². The summed E-state index contributed by atoms with van der Waals surface area (Å²) in [7, 11) is 3.04. The smallest absolute Gasteiger partial charge is 0.409 e. The number of rotatable bonds is 2. The Balaban J connectivity index is 1.78. The van der Waals surface area contributed by atoms with E-state index in [1.54, 1.807) is 12.0 Å². The van der Waals surface area contributed by atoms with Gasteiger partial charge in [-0.05, 0) is 30.5 Å². The van der Waals surface area contributed by atoms with Crippen molar-refractivity contribution in [2.24, 2.45) is 0 Å². The first kappa shape index (κ1) is 18.7. The van der Waals surface area contributed by atoms with E-state index in [1.165, 1.54) is 14.0 Å². The molecule has 0 fully saturated rings. The van der Waals surface area contributed by atoms with Crippen molar-refractivity contribution >= 4 is 12.1 Å². The van der Waals surface area contributed by atoms with E-state index in [1.807, 2.05) is 12.1 Å². The summed E-state index contributed by atoms with van der Waals surface area (Å²) < 4.78 is 22.3. The molecule has 0 N–H and O–H groups in total. The molecular formula is C21H25NO6. The molecule has 3 atom stereocenters. The third-order valence-corrected chi connectivity index (χ3v) is 5.98. The molecule has 1 aliphatic carbocycles. The van der Waals surface area contributed by atoms with Gasteiger partial charge in [0.25, 0.3) is 0 Å². The van der Waals surface area contributed by atoms with Gasteiger partial charge in [0.1, 0.15) is 12.2 Å². The average Bonchev–Trinajstić information content (AvgIpc) is 3.00. The van der Waals surface area contributed by atoms with Gasteiger partial charge < -0.3 is 23.8 Å². The van der Waals surface area contributed by atoms with Gasteiger partial charge in [0.2, 0.25) is 0 Å². The van der Waals surface area contributed by atoms with Gasteiger partial charge in [0.05, 0.1) is 19.6 Å². The van der Waals surface area contributed by atoms with E-state index in [0.717, 1.165) is 16.9 Å². The molecule has 2 aliphatic heterocycles. The summed E-state index contributed by atoms with van der Waals surface area (Å²) in [5, 5.41) is 0.